The molecule has 52 valence electrons. The first kappa shape index (κ1) is 7.06. The average Bonchev–Trinajstić information content (AvgIpc) is 2.07. The molecule has 0 aliphatic heterocycles. The molecule has 0 unspecified atom stereocenters. The van der Waals surface area contributed by atoms with Crippen molar-refractivity contribution in [2.24, 2.45) is 5.11 Å². The van der Waals surface area contributed by atoms with Crippen LogP contribution in [0, 0.1) is 11.3 Å². The molecule has 0 aliphatic rings. The van der Waals surface area contributed by atoms with Gasteiger partial charge in [0.2, 0.25) is 0 Å². The summed E-state index contributed by atoms with van der Waals surface area (Å²) in [4.78, 5) is 6.25. The lowest BCUT2D eigenvalue weighted by molar-refractivity contribution is 1.25. The van der Waals surface area contributed by atoms with Crippen LogP contribution in [0.15, 0.2) is 23.4 Å². The molecule has 0 radical (unpaired) electrons. The van der Waals surface area contributed by atoms with Crippen molar-refractivity contribution in [3.8, 4) is 6.07 Å². The van der Waals surface area contributed by atoms with Gasteiger partial charge in [-0.15, -0.1) is 0 Å². The van der Waals surface area contributed by atoms with Crippen LogP contribution in [0.2, 0.25) is 0 Å². The second-order valence-corrected chi connectivity index (χ2v) is 1.70. The van der Waals surface area contributed by atoms with Gasteiger partial charge >= 0.3 is 0 Å². The normalized spacial score (nSPS) is 7.91. The lowest BCUT2D eigenvalue weighted by Gasteiger charge is -1.87. The topological polar surface area (TPSA) is 85.4 Å². The van der Waals surface area contributed by atoms with Gasteiger partial charge in [0.1, 0.15) is 11.8 Å². The van der Waals surface area contributed by atoms with Gasteiger partial charge in [-0.1, -0.05) is 5.11 Å². The Kier molecular flexibility index (Phi) is 2.06. The van der Waals surface area contributed by atoms with E-state index in [1.54, 1.807) is 0 Å². The van der Waals surface area contributed by atoms with Crippen molar-refractivity contribution in [3.63, 3.8) is 0 Å². The zero-order valence-corrected chi connectivity index (χ0v) is 5.47. The summed E-state index contributed by atoms with van der Waals surface area (Å²) in [6, 6.07) is 4.87. The maximum absolute atomic E-state index is 8.34. The summed E-state index contributed by atoms with van der Waals surface area (Å²) in [5.41, 5.74) is 8.73. The highest BCUT2D eigenvalue weighted by Gasteiger charge is 1.89. The molecule has 0 aliphatic carbocycles. The fourth-order valence-electron chi connectivity index (χ4n) is 0.563. The van der Waals surface area contributed by atoms with E-state index in [2.05, 4.69) is 15.0 Å². The number of pyridine rings is 1. The van der Waals surface area contributed by atoms with E-state index in [0.29, 0.717) is 11.4 Å². The van der Waals surface area contributed by atoms with Crippen LogP contribution in [-0.2, 0) is 0 Å². The zero-order chi connectivity index (χ0) is 8.10. The Balaban J connectivity index is 3.02. The molecule has 0 N–H and O–H groups in total. The summed E-state index contributed by atoms with van der Waals surface area (Å²) in [6.45, 7) is 0. The standard InChI is InChI=1S/C6H3N5/c7-3-5-1-2-6(4-9-5)10-11-8/h1-2,4H. The summed E-state index contributed by atoms with van der Waals surface area (Å²) < 4.78 is 0. The third kappa shape index (κ3) is 1.68. The van der Waals surface area contributed by atoms with Gasteiger partial charge < -0.3 is 0 Å². The van der Waals surface area contributed by atoms with E-state index < -0.39 is 0 Å². The summed E-state index contributed by atoms with van der Waals surface area (Å²) >= 11 is 0. The summed E-state index contributed by atoms with van der Waals surface area (Å²) in [5.74, 6) is 0. The van der Waals surface area contributed by atoms with Gasteiger partial charge in [-0.2, -0.15) is 5.26 Å². The highest BCUT2D eigenvalue weighted by Crippen LogP contribution is 2.08. The van der Waals surface area contributed by atoms with E-state index in [1.165, 1.54) is 18.3 Å². The fraction of sp³-hybridized carbons (Fsp3) is 0. The minimum absolute atomic E-state index is 0.307. The van der Waals surface area contributed by atoms with E-state index in [0.717, 1.165) is 0 Å². The molecule has 0 atom stereocenters. The first-order valence-electron chi connectivity index (χ1n) is 2.78. The Morgan fingerprint density at radius 1 is 1.64 bits per heavy atom. The van der Waals surface area contributed by atoms with Crippen LogP contribution in [0.4, 0.5) is 5.69 Å². The molecule has 1 rings (SSSR count). The molecule has 0 bridgehead atoms. The predicted octanol–water partition coefficient (Wildman–Crippen LogP) is 1.90. The first-order valence-corrected chi connectivity index (χ1v) is 2.78. The number of hydrogen-bond acceptors (Lipinski definition) is 3. The van der Waals surface area contributed by atoms with Gasteiger partial charge in [-0.3, -0.25) is 0 Å². The molecule has 0 saturated carbocycles. The molecule has 5 nitrogen and oxygen atoms in total. The van der Waals surface area contributed by atoms with E-state index in [4.69, 9.17) is 10.8 Å². The average molecular weight is 145 g/mol. The van der Waals surface area contributed by atoms with Gasteiger partial charge in [0.05, 0.1) is 5.69 Å². The number of nitrogens with zero attached hydrogens (tertiary/aromatic N) is 5. The van der Waals surface area contributed by atoms with Gasteiger partial charge in [0.25, 0.3) is 0 Å². The minimum Gasteiger partial charge on any atom is -0.245 e. The summed E-state index contributed by atoms with van der Waals surface area (Å²) in [7, 11) is 0. The predicted molar refractivity (Wildman–Crippen MR) is 37.8 cm³/mol. The van der Waals surface area contributed by atoms with Crippen molar-refractivity contribution in [1.29, 1.82) is 5.26 Å². The molecule has 11 heavy (non-hydrogen) atoms. The molecule has 0 amide bonds. The Hall–Kier alpha value is -2.05. The Morgan fingerprint density at radius 3 is 2.91 bits per heavy atom. The van der Waals surface area contributed by atoms with E-state index in [9.17, 15) is 0 Å². The number of rotatable bonds is 1. The van der Waals surface area contributed by atoms with E-state index in [-0.39, 0.29) is 0 Å². The SMILES string of the molecule is N#Cc1ccc(N=[N+]=[N-])cn1. The van der Waals surface area contributed by atoms with Crippen LogP contribution >= 0.6 is 0 Å². The molecule has 0 spiro atoms. The van der Waals surface area contributed by atoms with E-state index >= 15 is 0 Å². The van der Waals surface area contributed by atoms with Gasteiger partial charge in [0, 0.05) is 11.1 Å². The minimum atomic E-state index is 0.307. The molecule has 1 aromatic rings. The Morgan fingerprint density at radius 2 is 2.45 bits per heavy atom. The molecule has 0 saturated heterocycles. The lowest BCUT2D eigenvalue weighted by Crippen LogP contribution is -1.77. The molecular formula is C6H3N5. The lowest BCUT2D eigenvalue weighted by atomic mass is 10.3. The van der Waals surface area contributed by atoms with Gasteiger partial charge in [-0.25, -0.2) is 4.98 Å². The second kappa shape index (κ2) is 3.20. The van der Waals surface area contributed by atoms with Crippen molar-refractivity contribution >= 4 is 5.69 Å². The third-order valence-electron chi connectivity index (χ3n) is 1.02. The van der Waals surface area contributed by atoms with Crippen LogP contribution in [-0.4, -0.2) is 4.98 Å². The Labute approximate surface area is 62.5 Å². The molecular weight excluding hydrogens is 142 g/mol. The van der Waals surface area contributed by atoms with Crippen molar-refractivity contribution in [1.82, 2.24) is 4.98 Å². The second-order valence-electron chi connectivity index (χ2n) is 1.70. The van der Waals surface area contributed by atoms with E-state index in [1.807, 2.05) is 6.07 Å². The molecule has 1 aromatic heterocycles. The quantitative estimate of drug-likeness (QED) is 0.343. The molecule has 5 heteroatoms. The smallest absolute Gasteiger partial charge is 0.140 e. The number of aromatic nitrogens is 1. The number of azide groups is 1. The van der Waals surface area contributed by atoms with Crippen molar-refractivity contribution in [2.75, 3.05) is 0 Å². The largest absolute Gasteiger partial charge is 0.245 e. The van der Waals surface area contributed by atoms with Crippen LogP contribution in [0.3, 0.4) is 0 Å². The van der Waals surface area contributed by atoms with Crippen molar-refractivity contribution in [3.05, 3.63) is 34.5 Å². The van der Waals surface area contributed by atoms with Crippen LogP contribution < -0.4 is 0 Å². The fourth-order valence-corrected chi connectivity index (χ4v) is 0.563. The third-order valence-corrected chi connectivity index (χ3v) is 1.02. The molecule has 0 fully saturated rings. The summed E-state index contributed by atoms with van der Waals surface area (Å²) in [6.07, 6.45) is 1.35. The molecule has 1 heterocycles. The number of hydrogen-bond donors (Lipinski definition) is 0. The van der Waals surface area contributed by atoms with Crippen LogP contribution in [0.1, 0.15) is 5.69 Å². The highest BCUT2D eigenvalue weighted by atomic mass is 15.1. The number of nitriles is 1. The highest BCUT2D eigenvalue weighted by molar-refractivity contribution is 5.36. The van der Waals surface area contributed by atoms with Gasteiger partial charge in [0.15, 0.2) is 0 Å². The van der Waals surface area contributed by atoms with Crippen molar-refractivity contribution < 1.29 is 0 Å². The van der Waals surface area contributed by atoms with Gasteiger partial charge in [-0.05, 0) is 17.7 Å². The van der Waals surface area contributed by atoms with Crippen LogP contribution in [0.25, 0.3) is 10.4 Å². The maximum Gasteiger partial charge on any atom is 0.140 e. The first-order chi connectivity index (χ1) is 5.36. The Bertz CT molecular complexity index is 327. The van der Waals surface area contributed by atoms with Crippen LogP contribution in [0.5, 0.6) is 0 Å². The molecule has 0 aromatic carbocycles. The maximum atomic E-state index is 8.34. The monoisotopic (exact) mass is 145 g/mol. The summed E-state index contributed by atoms with van der Waals surface area (Å²) in [5, 5.41) is 11.6. The zero-order valence-electron chi connectivity index (χ0n) is 5.47. The van der Waals surface area contributed by atoms with Crippen molar-refractivity contribution in [2.45, 2.75) is 0 Å².